The zero-order valence-electron chi connectivity index (χ0n) is 10.7. The third kappa shape index (κ3) is 2.68. The molecule has 0 bridgehead atoms. The van der Waals surface area contributed by atoms with Crippen molar-refractivity contribution in [3.63, 3.8) is 0 Å². The monoisotopic (exact) mass is 254 g/mol. The number of fused-ring (bicyclic) bond motifs is 1. The first kappa shape index (κ1) is 12.4. The van der Waals surface area contributed by atoms with Gasteiger partial charge in [0.25, 0.3) is 0 Å². The largest absolute Gasteiger partial charge is 0.381 e. The van der Waals surface area contributed by atoms with Crippen molar-refractivity contribution in [1.29, 1.82) is 0 Å². The lowest BCUT2D eigenvalue weighted by molar-refractivity contribution is -0.132. The summed E-state index contributed by atoms with van der Waals surface area (Å²) < 4.78 is 11.1. The van der Waals surface area contributed by atoms with Crippen molar-refractivity contribution >= 4 is 5.91 Å². The van der Waals surface area contributed by atoms with E-state index < -0.39 is 0 Å². The van der Waals surface area contributed by atoms with E-state index in [9.17, 15) is 4.79 Å². The van der Waals surface area contributed by atoms with E-state index in [-0.39, 0.29) is 18.1 Å². The molecule has 0 unspecified atom stereocenters. The maximum atomic E-state index is 12.0. The number of hydrogen-bond donors (Lipinski definition) is 2. The first-order valence-corrected chi connectivity index (χ1v) is 7.07. The van der Waals surface area contributed by atoms with E-state index in [0.717, 1.165) is 52.0 Å². The van der Waals surface area contributed by atoms with Crippen molar-refractivity contribution < 1.29 is 14.3 Å². The number of amides is 1. The van der Waals surface area contributed by atoms with Crippen LogP contribution in [-0.2, 0) is 14.3 Å². The fourth-order valence-corrected chi connectivity index (χ4v) is 3.12. The van der Waals surface area contributed by atoms with Crippen molar-refractivity contribution in [3.05, 3.63) is 0 Å². The second-order valence-electron chi connectivity index (χ2n) is 5.55. The van der Waals surface area contributed by atoms with Crippen LogP contribution < -0.4 is 10.6 Å². The van der Waals surface area contributed by atoms with E-state index in [0.29, 0.717) is 12.0 Å². The Balaban J connectivity index is 1.41. The topological polar surface area (TPSA) is 59.6 Å². The van der Waals surface area contributed by atoms with E-state index in [4.69, 9.17) is 9.47 Å². The van der Waals surface area contributed by atoms with E-state index in [1.54, 1.807) is 0 Å². The Morgan fingerprint density at radius 3 is 2.89 bits per heavy atom. The second kappa shape index (κ2) is 5.55. The molecular weight excluding hydrogens is 232 g/mol. The van der Waals surface area contributed by atoms with Crippen LogP contribution in [0.2, 0.25) is 0 Å². The summed E-state index contributed by atoms with van der Waals surface area (Å²) in [4.78, 5) is 12.0. The predicted molar refractivity (Wildman–Crippen MR) is 66.2 cm³/mol. The lowest BCUT2D eigenvalue weighted by Gasteiger charge is -2.23. The minimum absolute atomic E-state index is 0.0673. The van der Waals surface area contributed by atoms with Crippen LogP contribution in [0.25, 0.3) is 0 Å². The summed E-state index contributed by atoms with van der Waals surface area (Å²) >= 11 is 0. The summed E-state index contributed by atoms with van der Waals surface area (Å²) in [7, 11) is 0. The van der Waals surface area contributed by atoms with Gasteiger partial charge in [-0.1, -0.05) is 0 Å². The zero-order valence-corrected chi connectivity index (χ0v) is 10.7. The van der Waals surface area contributed by atoms with Crippen molar-refractivity contribution in [2.75, 3.05) is 26.3 Å². The molecule has 5 nitrogen and oxygen atoms in total. The van der Waals surface area contributed by atoms with E-state index in [1.807, 2.05) is 0 Å². The van der Waals surface area contributed by atoms with Crippen LogP contribution in [-0.4, -0.2) is 50.5 Å². The Morgan fingerprint density at radius 1 is 1.28 bits per heavy atom. The average molecular weight is 254 g/mol. The van der Waals surface area contributed by atoms with Crippen LogP contribution in [0.15, 0.2) is 0 Å². The van der Waals surface area contributed by atoms with Crippen LogP contribution in [0.1, 0.15) is 25.7 Å². The molecule has 3 aliphatic heterocycles. The highest BCUT2D eigenvalue weighted by Gasteiger charge is 2.41. The molecular formula is C13H22N2O3. The molecule has 0 aromatic heterocycles. The molecule has 2 N–H and O–H groups in total. The Kier molecular flexibility index (Phi) is 3.82. The Morgan fingerprint density at radius 2 is 2.11 bits per heavy atom. The van der Waals surface area contributed by atoms with Gasteiger partial charge >= 0.3 is 0 Å². The molecule has 0 aromatic carbocycles. The maximum Gasteiger partial charge on any atom is 0.249 e. The van der Waals surface area contributed by atoms with Crippen molar-refractivity contribution in [3.8, 4) is 0 Å². The number of hydrogen-bond acceptors (Lipinski definition) is 4. The van der Waals surface area contributed by atoms with Crippen molar-refractivity contribution in [2.24, 2.45) is 5.92 Å². The minimum atomic E-state index is -0.243. The fraction of sp³-hybridized carbons (Fsp3) is 0.923. The predicted octanol–water partition coefficient (Wildman–Crippen LogP) is 0.0486. The Bertz CT molecular complexity index is 293. The van der Waals surface area contributed by atoms with Crippen LogP contribution in [0, 0.1) is 5.92 Å². The SMILES string of the molecule is O=C(NCC1CCOCC1)[C@@H]1C[C@H]2NCC[C@H]2O1. The first-order chi connectivity index (χ1) is 8.83. The van der Waals surface area contributed by atoms with E-state index in [2.05, 4.69) is 10.6 Å². The minimum Gasteiger partial charge on any atom is -0.381 e. The highest BCUT2D eigenvalue weighted by Crippen LogP contribution is 2.26. The van der Waals surface area contributed by atoms with E-state index >= 15 is 0 Å². The van der Waals surface area contributed by atoms with Gasteiger partial charge in [0, 0.05) is 32.2 Å². The summed E-state index contributed by atoms with van der Waals surface area (Å²) in [5.41, 5.74) is 0. The van der Waals surface area contributed by atoms with Crippen LogP contribution in [0.3, 0.4) is 0 Å². The van der Waals surface area contributed by atoms with Gasteiger partial charge in [-0.15, -0.1) is 0 Å². The molecule has 1 amide bonds. The molecule has 3 fully saturated rings. The van der Waals surface area contributed by atoms with Gasteiger partial charge in [0.2, 0.25) is 5.91 Å². The highest BCUT2D eigenvalue weighted by molar-refractivity contribution is 5.81. The quantitative estimate of drug-likeness (QED) is 0.747. The maximum absolute atomic E-state index is 12.0. The molecule has 18 heavy (non-hydrogen) atoms. The number of nitrogens with one attached hydrogen (secondary N) is 2. The molecule has 0 aromatic rings. The number of carbonyl (C=O) groups is 1. The molecule has 3 heterocycles. The summed E-state index contributed by atoms with van der Waals surface area (Å²) in [6, 6.07) is 0.392. The number of ether oxygens (including phenoxy) is 2. The van der Waals surface area contributed by atoms with Gasteiger partial charge in [0.15, 0.2) is 0 Å². The lowest BCUT2D eigenvalue weighted by atomic mass is 10.0. The standard InChI is InChI=1S/C13H22N2O3/c16-13(15-8-9-2-5-17-6-3-9)12-7-10-11(18-12)1-4-14-10/h9-12,14H,1-8H2,(H,15,16)/t10-,11-,12+/m1/s1. The molecule has 0 radical (unpaired) electrons. The van der Waals surface area contributed by atoms with Gasteiger partial charge in [-0.3, -0.25) is 4.79 Å². The summed E-state index contributed by atoms with van der Waals surface area (Å²) in [6.07, 6.45) is 3.98. The summed E-state index contributed by atoms with van der Waals surface area (Å²) in [6.45, 7) is 3.44. The Hall–Kier alpha value is -0.650. The third-order valence-corrected chi connectivity index (χ3v) is 4.29. The molecule has 3 atom stereocenters. The lowest BCUT2D eigenvalue weighted by Crippen LogP contribution is -2.39. The summed E-state index contributed by atoms with van der Waals surface area (Å²) in [5.74, 6) is 0.638. The van der Waals surface area contributed by atoms with Gasteiger partial charge in [-0.05, 0) is 31.7 Å². The molecule has 3 rings (SSSR count). The van der Waals surface area contributed by atoms with Crippen molar-refractivity contribution in [1.82, 2.24) is 10.6 Å². The van der Waals surface area contributed by atoms with Gasteiger partial charge in [-0.25, -0.2) is 0 Å². The molecule has 5 heteroatoms. The van der Waals surface area contributed by atoms with Crippen LogP contribution in [0.5, 0.6) is 0 Å². The van der Waals surface area contributed by atoms with Crippen LogP contribution in [0.4, 0.5) is 0 Å². The number of carbonyl (C=O) groups excluding carboxylic acids is 1. The van der Waals surface area contributed by atoms with Gasteiger partial charge in [0.1, 0.15) is 6.10 Å². The van der Waals surface area contributed by atoms with Crippen LogP contribution >= 0.6 is 0 Å². The highest BCUT2D eigenvalue weighted by atomic mass is 16.5. The van der Waals surface area contributed by atoms with Gasteiger partial charge < -0.3 is 20.1 Å². The molecule has 3 aliphatic rings. The smallest absolute Gasteiger partial charge is 0.249 e. The third-order valence-electron chi connectivity index (χ3n) is 4.29. The van der Waals surface area contributed by atoms with Crippen molar-refractivity contribution in [2.45, 2.75) is 43.9 Å². The van der Waals surface area contributed by atoms with Gasteiger partial charge in [-0.2, -0.15) is 0 Å². The molecule has 0 saturated carbocycles. The molecule has 3 saturated heterocycles. The fourth-order valence-electron chi connectivity index (χ4n) is 3.12. The average Bonchev–Trinajstić information content (AvgIpc) is 2.98. The molecule has 102 valence electrons. The normalized spacial score (nSPS) is 36.6. The summed E-state index contributed by atoms with van der Waals surface area (Å²) in [5, 5.41) is 6.42. The zero-order chi connectivity index (χ0) is 12.4. The van der Waals surface area contributed by atoms with E-state index in [1.165, 1.54) is 0 Å². The molecule has 0 spiro atoms. The first-order valence-electron chi connectivity index (χ1n) is 7.07. The second-order valence-corrected chi connectivity index (χ2v) is 5.55. The number of rotatable bonds is 3. The van der Waals surface area contributed by atoms with Gasteiger partial charge in [0.05, 0.1) is 6.10 Å². The Labute approximate surface area is 108 Å². The molecule has 0 aliphatic carbocycles.